The summed E-state index contributed by atoms with van der Waals surface area (Å²) in [5.41, 5.74) is 0. The molecule has 4 heterocycles. The van der Waals surface area contributed by atoms with Gasteiger partial charge in [-0.3, -0.25) is 9.59 Å². The van der Waals surface area contributed by atoms with Gasteiger partial charge in [-0.2, -0.15) is 0 Å². The summed E-state index contributed by atoms with van der Waals surface area (Å²) in [4.78, 5) is 32.8. The largest absolute Gasteiger partial charge is 0.342 e. The van der Waals surface area contributed by atoms with E-state index in [4.69, 9.17) is 0 Å². The Hall–Kier alpha value is -1.40. The molecule has 2 amide bonds. The van der Waals surface area contributed by atoms with Crippen molar-refractivity contribution in [1.29, 1.82) is 0 Å². The van der Waals surface area contributed by atoms with E-state index in [0.717, 1.165) is 69.8 Å². The smallest absolute Gasteiger partial charge is 0.263 e. The molecule has 4 rings (SSSR count). The first-order chi connectivity index (χ1) is 13.2. The second-order valence-corrected chi connectivity index (χ2v) is 9.14. The lowest BCUT2D eigenvalue weighted by atomic mass is 9.91. The van der Waals surface area contributed by atoms with Gasteiger partial charge in [0.1, 0.15) is 0 Å². The molecule has 3 fully saturated rings. The molecule has 0 N–H and O–H groups in total. The van der Waals surface area contributed by atoms with Crippen LogP contribution >= 0.6 is 11.3 Å². The molecule has 1 aromatic rings. The summed E-state index contributed by atoms with van der Waals surface area (Å²) in [6.45, 7) is 5.72. The fourth-order valence-corrected chi connectivity index (χ4v) is 5.57. The average molecular weight is 390 g/mol. The Morgan fingerprint density at radius 3 is 2.19 bits per heavy atom. The second-order valence-electron chi connectivity index (χ2n) is 8.20. The van der Waals surface area contributed by atoms with E-state index >= 15 is 0 Å². The highest BCUT2D eigenvalue weighted by molar-refractivity contribution is 7.12. The summed E-state index contributed by atoms with van der Waals surface area (Å²) >= 11 is 1.53. The standard InChI is InChI=1S/C21H31N3O2S/c25-20(23-10-2-1-3-11-23)17-6-12-22(13-7-17)18-8-14-24(15-9-18)21(26)19-5-4-16-27-19/h4-5,16-18H,1-3,6-15H2. The molecule has 3 aliphatic rings. The zero-order valence-electron chi connectivity index (χ0n) is 16.1. The molecule has 27 heavy (non-hydrogen) atoms. The van der Waals surface area contributed by atoms with Gasteiger partial charge in [0.15, 0.2) is 0 Å². The van der Waals surface area contributed by atoms with Crippen LogP contribution in [-0.4, -0.2) is 71.8 Å². The van der Waals surface area contributed by atoms with Gasteiger partial charge in [0.25, 0.3) is 5.91 Å². The number of piperidine rings is 3. The Morgan fingerprint density at radius 2 is 1.56 bits per heavy atom. The Kier molecular flexibility index (Phi) is 6.13. The van der Waals surface area contributed by atoms with Crippen molar-refractivity contribution in [2.24, 2.45) is 5.92 Å². The number of rotatable bonds is 3. The second kappa shape index (κ2) is 8.74. The molecule has 5 nitrogen and oxygen atoms in total. The summed E-state index contributed by atoms with van der Waals surface area (Å²) in [7, 11) is 0. The van der Waals surface area contributed by atoms with Crippen LogP contribution < -0.4 is 0 Å². The van der Waals surface area contributed by atoms with E-state index in [-0.39, 0.29) is 11.8 Å². The zero-order chi connectivity index (χ0) is 18.6. The molecule has 0 aromatic carbocycles. The normalized spacial score (nSPS) is 23.6. The summed E-state index contributed by atoms with van der Waals surface area (Å²) in [6, 6.07) is 4.44. The first-order valence-corrected chi connectivity index (χ1v) is 11.5. The highest BCUT2D eigenvalue weighted by atomic mass is 32.1. The molecule has 0 spiro atoms. The van der Waals surface area contributed by atoms with E-state index in [1.54, 1.807) is 0 Å². The summed E-state index contributed by atoms with van der Waals surface area (Å²) in [5, 5.41) is 1.97. The predicted molar refractivity (Wildman–Crippen MR) is 108 cm³/mol. The van der Waals surface area contributed by atoms with Crippen molar-refractivity contribution in [3.63, 3.8) is 0 Å². The zero-order valence-corrected chi connectivity index (χ0v) is 17.0. The molecule has 0 radical (unpaired) electrons. The molecule has 3 aliphatic heterocycles. The molecular weight excluding hydrogens is 358 g/mol. The van der Waals surface area contributed by atoms with Crippen LogP contribution in [0.25, 0.3) is 0 Å². The molecule has 0 unspecified atom stereocenters. The lowest BCUT2D eigenvalue weighted by Crippen LogP contribution is -2.50. The molecule has 3 saturated heterocycles. The van der Waals surface area contributed by atoms with Gasteiger partial charge in [0.05, 0.1) is 4.88 Å². The van der Waals surface area contributed by atoms with Gasteiger partial charge in [-0.1, -0.05) is 6.07 Å². The van der Waals surface area contributed by atoms with Crippen LogP contribution in [0.2, 0.25) is 0 Å². The molecule has 0 saturated carbocycles. The molecule has 148 valence electrons. The highest BCUT2D eigenvalue weighted by Gasteiger charge is 2.33. The van der Waals surface area contributed by atoms with Gasteiger partial charge < -0.3 is 14.7 Å². The molecule has 0 aliphatic carbocycles. The Morgan fingerprint density at radius 1 is 0.852 bits per heavy atom. The van der Waals surface area contributed by atoms with Crippen LogP contribution in [0, 0.1) is 5.92 Å². The van der Waals surface area contributed by atoms with Crippen LogP contribution in [0.15, 0.2) is 17.5 Å². The molecule has 0 atom stereocenters. The fourth-order valence-electron chi connectivity index (χ4n) is 4.87. The monoisotopic (exact) mass is 389 g/mol. The van der Waals surface area contributed by atoms with Crippen molar-refractivity contribution < 1.29 is 9.59 Å². The molecule has 0 bridgehead atoms. The summed E-state index contributed by atoms with van der Waals surface area (Å²) in [5.74, 6) is 0.833. The maximum atomic E-state index is 12.7. The van der Waals surface area contributed by atoms with Gasteiger partial charge >= 0.3 is 0 Å². The van der Waals surface area contributed by atoms with Crippen LogP contribution in [-0.2, 0) is 4.79 Å². The van der Waals surface area contributed by atoms with Gasteiger partial charge in [0, 0.05) is 38.1 Å². The van der Waals surface area contributed by atoms with Crippen molar-refractivity contribution in [3.05, 3.63) is 22.4 Å². The first kappa shape index (κ1) is 18.9. The van der Waals surface area contributed by atoms with Crippen molar-refractivity contribution >= 4 is 23.2 Å². The quantitative estimate of drug-likeness (QED) is 0.798. The average Bonchev–Trinajstić information content (AvgIpc) is 3.28. The number of carbonyl (C=O) groups is 2. The highest BCUT2D eigenvalue weighted by Crippen LogP contribution is 2.27. The number of amides is 2. The SMILES string of the molecule is O=C(c1cccs1)N1CCC(N2CCC(C(=O)N3CCCCC3)CC2)CC1. The fraction of sp³-hybridized carbons (Fsp3) is 0.714. The van der Waals surface area contributed by atoms with E-state index in [2.05, 4.69) is 9.80 Å². The minimum Gasteiger partial charge on any atom is -0.342 e. The number of likely N-dealkylation sites (tertiary alicyclic amines) is 3. The van der Waals surface area contributed by atoms with Crippen LogP contribution in [0.3, 0.4) is 0 Å². The maximum Gasteiger partial charge on any atom is 0.263 e. The Balaban J connectivity index is 1.22. The number of thiophene rings is 1. The van der Waals surface area contributed by atoms with Crippen molar-refractivity contribution in [3.8, 4) is 0 Å². The van der Waals surface area contributed by atoms with E-state index < -0.39 is 0 Å². The van der Waals surface area contributed by atoms with E-state index in [0.29, 0.717) is 11.9 Å². The lowest BCUT2D eigenvalue weighted by Gasteiger charge is -2.42. The first-order valence-electron chi connectivity index (χ1n) is 10.6. The Labute approximate surface area is 166 Å². The Bertz CT molecular complexity index is 626. The minimum absolute atomic E-state index is 0.189. The van der Waals surface area contributed by atoms with Crippen LogP contribution in [0.5, 0.6) is 0 Å². The minimum atomic E-state index is 0.189. The van der Waals surface area contributed by atoms with E-state index in [1.807, 2.05) is 22.4 Å². The van der Waals surface area contributed by atoms with Crippen LogP contribution in [0.1, 0.15) is 54.6 Å². The summed E-state index contributed by atoms with van der Waals surface area (Å²) < 4.78 is 0. The van der Waals surface area contributed by atoms with Gasteiger partial charge in [0.2, 0.25) is 5.91 Å². The number of hydrogen-bond donors (Lipinski definition) is 0. The molecule has 1 aromatic heterocycles. The van der Waals surface area contributed by atoms with E-state index in [9.17, 15) is 9.59 Å². The van der Waals surface area contributed by atoms with E-state index in [1.165, 1.54) is 30.6 Å². The van der Waals surface area contributed by atoms with Crippen molar-refractivity contribution in [1.82, 2.24) is 14.7 Å². The van der Waals surface area contributed by atoms with Crippen LogP contribution in [0.4, 0.5) is 0 Å². The van der Waals surface area contributed by atoms with Crippen molar-refractivity contribution in [2.75, 3.05) is 39.3 Å². The maximum absolute atomic E-state index is 12.7. The number of carbonyl (C=O) groups excluding carboxylic acids is 2. The number of nitrogens with zero attached hydrogens (tertiary/aromatic N) is 3. The van der Waals surface area contributed by atoms with Gasteiger partial charge in [-0.25, -0.2) is 0 Å². The summed E-state index contributed by atoms with van der Waals surface area (Å²) in [6.07, 6.45) is 7.74. The third-order valence-electron chi connectivity index (χ3n) is 6.55. The molecule has 6 heteroatoms. The molecular formula is C21H31N3O2S. The van der Waals surface area contributed by atoms with Crippen molar-refractivity contribution in [2.45, 2.75) is 51.0 Å². The number of hydrogen-bond acceptors (Lipinski definition) is 4. The topological polar surface area (TPSA) is 43.9 Å². The van der Waals surface area contributed by atoms with Gasteiger partial charge in [-0.05, 0) is 69.5 Å². The lowest BCUT2D eigenvalue weighted by molar-refractivity contribution is -0.138. The third kappa shape index (κ3) is 4.37. The third-order valence-corrected chi connectivity index (χ3v) is 7.40. The predicted octanol–water partition coefficient (Wildman–Crippen LogP) is 3.08. The van der Waals surface area contributed by atoms with Gasteiger partial charge in [-0.15, -0.1) is 11.3 Å².